The molecule has 172 valence electrons. The van der Waals surface area contributed by atoms with Crippen molar-refractivity contribution in [3.8, 4) is 0 Å². The van der Waals surface area contributed by atoms with Gasteiger partial charge in [-0.2, -0.15) is 0 Å². The molecule has 0 atom stereocenters. The zero-order chi connectivity index (χ0) is 22.9. The maximum Gasteiger partial charge on any atom is 0.330 e. The number of imidazole rings is 2. The van der Waals surface area contributed by atoms with Crippen molar-refractivity contribution in [3.05, 3.63) is 58.0 Å². The first-order valence-electron chi connectivity index (χ1n) is 11.1. The van der Waals surface area contributed by atoms with Gasteiger partial charge >= 0.3 is 5.69 Å². The minimum Gasteiger partial charge on any atom is -0.352 e. The summed E-state index contributed by atoms with van der Waals surface area (Å²) in [6.45, 7) is 0.341. The van der Waals surface area contributed by atoms with E-state index in [1.807, 2.05) is 10.6 Å². The van der Waals surface area contributed by atoms with Crippen molar-refractivity contribution in [3.63, 3.8) is 0 Å². The molecule has 0 unspecified atom stereocenters. The van der Waals surface area contributed by atoms with E-state index in [0.717, 1.165) is 23.9 Å². The van der Waals surface area contributed by atoms with Gasteiger partial charge in [0.1, 0.15) is 12.4 Å². The second-order valence-corrected chi connectivity index (χ2v) is 8.81. The number of nitrogens with one attached hydrogen (secondary N) is 1. The highest BCUT2D eigenvalue weighted by Gasteiger charge is 2.25. The number of aromatic nitrogens is 5. The van der Waals surface area contributed by atoms with Gasteiger partial charge < -0.3 is 9.88 Å². The Labute approximate surface area is 194 Å². The van der Waals surface area contributed by atoms with E-state index in [2.05, 4.69) is 10.3 Å². The van der Waals surface area contributed by atoms with E-state index in [0.29, 0.717) is 41.3 Å². The number of hydrogen-bond acceptors (Lipinski definition) is 4. The maximum atomic E-state index is 13.4. The van der Waals surface area contributed by atoms with E-state index >= 15 is 0 Å². The predicted octanol–water partition coefficient (Wildman–Crippen LogP) is 3.28. The zero-order valence-corrected chi connectivity index (χ0v) is 18.8. The fourth-order valence-electron chi connectivity index (χ4n) is 4.15. The number of halogens is 2. The number of amides is 1. The normalized spacial score (nSPS) is 13.8. The Morgan fingerprint density at radius 1 is 1.12 bits per heavy atom. The Morgan fingerprint density at radius 2 is 1.97 bits per heavy atom. The Morgan fingerprint density at radius 3 is 2.76 bits per heavy atom. The highest BCUT2D eigenvalue weighted by molar-refractivity contribution is 6.31. The smallest absolute Gasteiger partial charge is 0.330 e. The van der Waals surface area contributed by atoms with Crippen LogP contribution in [0.4, 0.5) is 4.39 Å². The van der Waals surface area contributed by atoms with Crippen molar-refractivity contribution < 1.29 is 9.18 Å². The van der Waals surface area contributed by atoms with Crippen molar-refractivity contribution >= 4 is 39.6 Å². The Hall–Kier alpha value is -3.20. The molecule has 10 heteroatoms. The highest BCUT2D eigenvalue weighted by Crippen LogP contribution is 2.23. The van der Waals surface area contributed by atoms with E-state index < -0.39 is 0 Å². The lowest BCUT2D eigenvalue weighted by atomic mass is 10.3. The molecular weight excluding hydrogens is 447 g/mol. The third kappa shape index (κ3) is 4.37. The Bertz CT molecular complexity index is 1390. The molecule has 0 spiro atoms. The van der Waals surface area contributed by atoms with E-state index in [4.69, 9.17) is 16.6 Å². The molecule has 3 aromatic heterocycles. The SMILES string of the molecule is O=C(Cn1c(=O)n(Cc2nc3cc(Cl)ccc3n2CCCCF)c2cnccc21)NC1CC1. The summed E-state index contributed by atoms with van der Waals surface area (Å²) in [5.41, 5.74) is 2.57. The quantitative estimate of drug-likeness (QED) is 0.380. The average molecular weight is 471 g/mol. The summed E-state index contributed by atoms with van der Waals surface area (Å²) in [7, 11) is 0. The van der Waals surface area contributed by atoms with E-state index in [9.17, 15) is 14.0 Å². The number of carbonyl (C=O) groups is 1. The third-order valence-electron chi connectivity index (χ3n) is 5.92. The molecule has 1 aromatic carbocycles. The molecule has 0 bridgehead atoms. The topological polar surface area (TPSA) is 86.7 Å². The lowest BCUT2D eigenvalue weighted by molar-refractivity contribution is -0.121. The second kappa shape index (κ2) is 8.97. The molecule has 1 saturated carbocycles. The van der Waals surface area contributed by atoms with E-state index in [-0.39, 0.29) is 37.4 Å². The first-order chi connectivity index (χ1) is 16.0. The second-order valence-electron chi connectivity index (χ2n) is 8.37. The van der Waals surface area contributed by atoms with Crippen LogP contribution < -0.4 is 11.0 Å². The van der Waals surface area contributed by atoms with Crippen LogP contribution in [0.2, 0.25) is 5.02 Å². The van der Waals surface area contributed by atoms with Crippen molar-refractivity contribution in [2.45, 2.75) is 51.4 Å². The number of pyridine rings is 1. The Balaban J connectivity index is 1.55. The lowest BCUT2D eigenvalue weighted by Crippen LogP contribution is -2.34. The number of nitrogens with zero attached hydrogens (tertiary/aromatic N) is 5. The summed E-state index contributed by atoms with van der Waals surface area (Å²) >= 11 is 6.16. The van der Waals surface area contributed by atoms with Crippen LogP contribution in [0.3, 0.4) is 0 Å². The van der Waals surface area contributed by atoms with Gasteiger partial charge in [0.2, 0.25) is 5.91 Å². The van der Waals surface area contributed by atoms with Crippen LogP contribution in [0.5, 0.6) is 0 Å². The molecule has 33 heavy (non-hydrogen) atoms. The number of aryl methyl sites for hydroxylation is 1. The molecule has 1 fully saturated rings. The van der Waals surface area contributed by atoms with Gasteiger partial charge in [-0.25, -0.2) is 9.78 Å². The van der Waals surface area contributed by atoms with Gasteiger partial charge in [-0.1, -0.05) is 11.6 Å². The van der Waals surface area contributed by atoms with E-state index in [1.165, 1.54) is 4.57 Å². The van der Waals surface area contributed by atoms with Crippen LogP contribution in [0.15, 0.2) is 41.5 Å². The van der Waals surface area contributed by atoms with Crippen LogP contribution in [0, 0.1) is 0 Å². The standard InChI is InChI=1S/C23H24ClFN6O2/c24-15-3-6-18-17(11-15)28-21(29(18)10-2-1-8-25)13-30-20-12-26-9-7-19(20)31(23(30)33)14-22(32)27-16-4-5-16/h3,6-7,9,11-12,16H,1-2,4-5,8,10,13-14H2,(H,27,32). The number of fused-ring (bicyclic) bond motifs is 2. The first-order valence-corrected chi connectivity index (χ1v) is 11.5. The number of hydrogen-bond donors (Lipinski definition) is 1. The number of rotatable bonds is 9. The summed E-state index contributed by atoms with van der Waals surface area (Å²) in [4.78, 5) is 34.7. The van der Waals surface area contributed by atoms with Gasteiger partial charge in [0.25, 0.3) is 0 Å². The number of alkyl halides is 1. The van der Waals surface area contributed by atoms with Gasteiger partial charge in [0.15, 0.2) is 0 Å². The maximum absolute atomic E-state index is 13.4. The first kappa shape index (κ1) is 21.6. The fraction of sp³-hybridized carbons (Fsp3) is 0.391. The largest absolute Gasteiger partial charge is 0.352 e. The van der Waals surface area contributed by atoms with Crippen LogP contribution in [0.25, 0.3) is 22.1 Å². The molecule has 4 aromatic rings. The van der Waals surface area contributed by atoms with Gasteiger partial charge in [-0.15, -0.1) is 0 Å². The molecule has 0 radical (unpaired) electrons. The summed E-state index contributed by atoms with van der Waals surface area (Å²) in [5.74, 6) is 0.488. The molecule has 1 amide bonds. The van der Waals surface area contributed by atoms with Crippen LogP contribution in [-0.2, 0) is 24.4 Å². The van der Waals surface area contributed by atoms with E-state index in [1.54, 1.807) is 35.2 Å². The molecular formula is C23H24ClFN6O2. The summed E-state index contributed by atoms with van der Waals surface area (Å²) in [6.07, 6.45) is 6.29. The molecule has 1 aliphatic carbocycles. The van der Waals surface area contributed by atoms with Crippen molar-refractivity contribution in [2.75, 3.05) is 6.67 Å². The van der Waals surface area contributed by atoms with Gasteiger partial charge in [-0.3, -0.25) is 23.3 Å². The number of carbonyl (C=O) groups excluding carboxylic acids is 1. The zero-order valence-electron chi connectivity index (χ0n) is 18.0. The lowest BCUT2D eigenvalue weighted by Gasteiger charge is -2.09. The summed E-state index contributed by atoms with van der Waals surface area (Å²) < 4.78 is 17.8. The van der Waals surface area contributed by atoms with Crippen LogP contribution in [0.1, 0.15) is 31.5 Å². The predicted molar refractivity (Wildman–Crippen MR) is 124 cm³/mol. The fourth-order valence-corrected chi connectivity index (χ4v) is 4.31. The van der Waals surface area contributed by atoms with Crippen LogP contribution >= 0.6 is 11.6 Å². The summed E-state index contributed by atoms with van der Waals surface area (Å²) in [6, 6.07) is 7.42. The minimum absolute atomic E-state index is 0.0502. The number of unbranched alkanes of at least 4 members (excludes halogenated alkanes) is 1. The van der Waals surface area contributed by atoms with Crippen molar-refractivity contribution in [2.24, 2.45) is 0 Å². The monoisotopic (exact) mass is 470 g/mol. The molecule has 0 saturated heterocycles. The average Bonchev–Trinajstić information content (AvgIpc) is 3.50. The van der Waals surface area contributed by atoms with Crippen LogP contribution in [-0.4, -0.2) is 42.3 Å². The summed E-state index contributed by atoms with van der Waals surface area (Å²) in [5, 5.41) is 3.50. The molecule has 1 aliphatic rings. The Kier molecular flexibility index (Phi) is 5.88. The molecule has 5 rings (SSSR count). The van der Waals surface area contributed by atoms with Gasteiger partial charge in [0.05, 0.1) is 41.5 Å². The highest BCUT2D eigenvalue weighted by atomic mass is 35.5. The molecule has 1 N–H and O–H groups in total. The van der Waals surface area contributed by atoms with Crippen molar-refractivity contribution in [1.29, 1.82) is 0 Å². The molecule has 8 nitrogen and oxygen atoms in total. The van der Waals surface area contributed by atoms with Crippen molar-refractivity contribution in [1.82, 2.24) is 29.0 Å². The molecule has 3 heterocycles. The third-order valence-corrected chi connectivity index (χ3v) is 6.15. The van der Waals surface area contributed by atoms with Gasteiger partial charge in [0, 0.05) is 23.8 Å². The number of benzene rings is 1. The van der Waals surface area contributed by atoms with Gasteiger partial charge in [-0.05, 0) is 49.9 Å². The molecule has 0 aliphatic heterocycles. The minimum atomic E-state index is -0.380.